The first-order chi connectivity index (χ1) is 14.3. The van der Waals surface area contributed by atoms with Crippen molar-refractivity contribution in [1.82, 2.24) is 0 Å². The minimum absolute atomic E-state index is 0.00485. The van der Waals surface area contributed by atoms with E-state index < -0.39 is 0 Å². The van der Waals surface area contributed by atoms with Crippen LogP contribution < -0.4 is 14.4 Å². The van der Waals surface area contributed by atoms with Gasteiger partial charge in [0.1, 0.15) is 0 Å². The van der Waals surface area contributed by atoms with Gasteiger partial charge in [0.05, 0.1) is 14.2 Å². The molecular weight excluding hydrogens is 378 g/mol. The van der Waals surface area contributed by atoms with Gasteiger partial charge in [-0.25, -0.2) is 0 Å². The normalized spacial score (nSPS) is 20.8. The molecule has 1 atom stereocenters. The number of ether oxygens (including phenoxy) is 2. The van der Waals surface area contributed by atoms with Crippen LogP contribution in [0.15, 0.2) is 59.8 Å². The highest BCUT2D eigenvalue weighted by Gasteiger charge is 2.44. The molecule has 4 rings (SSSR count). The van der Waals surface area contributed by atoms with Gasteiger partial charge in [-0.05, 0) is 41.7 Å². The van der Waals surface area contributed by atoms with Gasteiger partial charge in [-0.15, -0.1) is 0 Å². The van der Waals surface area contributed by atoms with Crippen molar-refractivity contribution in [3.8, 4) is 11.5 Å². The molecule has 1 amide bonds. The van der Waals surface area contributed by atoms with Crippen LogP contribution in [-0.2, 0) is 9.59 Å². The Morgan fingerprint density at radius 1 is 0.933 bits per heavy atom. The van der Waals surface area contributed by atoms with Crippen LogP contribution in [-0.4, -0.2) is 25.9 Å². The number of carbonyl (C=O) groups is 2. The van der Waals surface area contributed by atoms with E-state index in [9.17, 15) is 9.59 Å². The van der Waals surface area contributed by atoms with Gasteiger partial charge in [-0.2, -0.15) is 0 Å². The predicted molar refractivity (Wildman–Crippen MR) is 116 cm³/mol. The second kappa shape index (κ2) is 7.63. The molecular formula is C25H27NO4. The molecule has 0 N–H and O–H groups in total. The smallest absolute Gasteiger partial charge is 0.232 e. The summed E-state index contributed by atoms with van der Waals surface area (Å²) in [5.74, 6) is 1.06. The third-order valence-electron chi connectivity index (χ3n) is 5.97. The van der Waals surface area contributed by atoms with Crippen LogP contribution in [0.1, 0.15) is 44.6 Å². The second-order valence-corrected chi connectivity index (χ2v) is 8.74. The third kappa shape index (κ3) is 3.49. The number of Topliss-reactive ketones (excluding diaryl/α,β-unsaturated/α-hetero) is 1. The molecule has 0 fully saturated rings. The Labute approximate surface area is 177 Å². The lowest BCUT2D eigenvalue weighted by Crippen LogP contribution is -2.43. The number of amides is 1. The van der Waals surface area contributed by atoms with E-state index in [2.05, 4.69) is 13.8 Å². The fraction of sp³-hybridized carbons (Fsp3) is 0.360. The Kier molecular flexibility index (Phi) is 5.14. The van der Waals surface area contributed by atoms with Gasteiger partial charge in [0.2, 0.25) is 5.91 Å². The van der Waals surface area contributed by atoms with Crippen LogP contribution in [0.3, 0.4) is 0 Å². The molecule has 0 saturated carbocycles. The molecule has 5 nitrogen and oxygen atoms in total. The highest BCUT2D eigenvalue weighted by Crippen LogP contribution is 2.48. The van der Waals surface area contributed by atoms with Crippen molar-refractivity contribution >= 4 is 17.4 Å². The lowest BCUT2D eigenvalue weighted by molar-refractivity contribution is -0.121. The topological polar surface area (TPSA) is 55.8 Å². The van der Waals surface area contributed by atoms with Crippen LogP contribution >= 0.6 is 0 Å². The molecule has 5 heteroatoms. The largest absolute Gasteiger partial charge is 0.493 e. The molecule has 156 valence electrons. The number of para-hydroxylation sites is 1. The molecule has 2 aromatic carbocycles. The molecule has 2 aromatic rings. The molecule has 0 radical (unpaired) electrons. The van der Waals surface area contributed by atoms with Gasteiger partial charge < -0.3 is 9.47 Å². The summed E-state index contributed by atoms with van der Waals surface area (Å²) >= 11 is 0. The number of methoxy groups -OCH3 is 2. The summed E-state index contributed by atoms with van der Waals surface area (Å²) in [6, 6.07) is 15.2. The van der Waals surface area contributed by atoms with Crippen molar-refractivity contribution in [1.29, 1.82) is 0 Å². The van der Waals surface area contributed by atoms with E-state index in [4.69, 9.17) is 9.47 Å². The van der Waals surface area contributed by atoms with Crippen molar-refractivity contribution in [3.63, 3.8) is 0 Å². The average molecular weight is 405 g/mol. The number of anilines is 1. The summed E-state index contributed by atoms with van der Waals surface area (Å²) in [5.41, 5.74) is 3.10. The number of hydrogen-bond donors (Lipinski definition) is 0. The number of rotatable bonds is 4. The first-order valence-corrected chi connectivity index (χ1v) is 10.2. The Balaban J connectivity index is 1.88. The summed E-state index contributed by atoms with van der Waals surface area (Å²) in [6.07, 6.45) is 1.40. The average Bonchev–Trinajstić information content (AvgIpc) is 2.72. The van der Waals surface area contributed by atoms with Crippen LogP contribution in [0, 0.1) is 5.41 Å². The molecule has 1 aliphatic carbocycles. The van der Waals surface area contributed by atoms with Gasteiger partial charge in [-0.3, -0.25) is 14.5 Å². The van der Waals surface area contributed by atoms with Crippen molar-refractivity contribution in [3.05, 3.63) is 65.4 Å². The fourth-order valence-electron chi connectivity index (χ4n) is 4.65. The van der Waals surface area contributed by atoms with E-state index in [0.717, 1.165) is 22.5 Å². The highest BCUT2D eigenvalue weighted by atomic mass is 16.5. The maximum absolute atomic E-state index is 13.4. The zero-order valence-corrected chi connectivity index (χ0v) is 17.9. The minimum Gasteiger partial charge on any atom is -0.493 e. The van der Waals surface area contributed by atoms with Gasteiger partial charge in [0.25, 0.3) is 0 Å². The molecule has 0 spiro atoms. The zero-order chi connectivity index (χ0) is 21.5. The van der Waals surface area contributed by atoms with E-state index in [-0.39, 0.29) is 29.4 Å². The van der Waals surface area contributed by atoms with Crippen LogP contribution in [0.25, 0.3) is 0 Å². The summed E-state index contributed by atoms with van der Waals surface area (Å²) in [4.78, 5) is 28.4. The summed E-state index contributed by atoms with van der Waals surface area (Å²) < 4.78 is 10.8. The van der Waals surface area contributed by atoms with Crippen molar-refractivity contribution in [2.45, 2.75) is 39.0 Å². The van der Waals surface area contributed by atoms with Gasteiger partial charge in [0, 0.05) is 35.7 Å². The van der Waals surface area contributed by atoms with Crippen LogP contribution in [0.2, 0.25) is 0 Å². The SMILES string of the molecule is COc1ccc([C@H]2CC(=O)N(c3ccccc3)C3=C2C(=O)CC(C)(C)C3)cc1OC. The molecule has 0 aromatic heterocycles. The Morgan fingerprint density at radius 3 is 2.30 bits per heavy atom. The Hall–Kier alpha value is -3.08. The maximum atomic E-state index is 13.4. The van der Waals surface area contributed by atoms with E-state index in [1.165, 1.54) is 0 Å². The standard InChI is InChI=1S/C25H27NO4/c1-25(2)14-19-24(20(27)15-25)18(16-10-11-21(29-3)22(12-16)30-4)13-23(28)26(19)17-8-6-5-7-9-17/h5-12,18H,13-15H2,1-4H3/t18-/m1/s1. The Bertz CT molecular complexity index is 1020. The molecule has 2 aliphatic rings. The van der Waals surface area contributed by atoms with Gasteiger partial charge in [0.15, 0.2) is 17.3 Å². The molecule has 0 unspecified atom stereocenters. The van der Waals surface area contributed by atoms with Crippen molar-refractivity contribution < 1.29 is 19.1 Å². The van der Waals surface area contributed by atoms with Crippen LogP contribution in [0.5, 0.6) is 11.5 Å². The lowest BCUT2D eigenvalue weighted by atomic mass is 9.69. The van der Waals surface area contributed by atoms with E-state index in [1.54, 1.807) is 19.1 Å². The minimum atomic E-state index is -0.282. The number of ketones is 1. The molecule has 1 heterocycles. The first-order valence-electron chi connectivity index (χ1n) is 10.2. The Morgan fingerprint density at radius 2 is 1.63 bits per heavy atom. The van der Waals surface area contributed by atoms with E-state index in [1.807, 2.05) is 48.5 Å². The first kappa shape index (κ1) is 20.2. The number of allylic oxidation sites excluding steroid dienone is 2. The number of nitrogens with zero attached hydrogens (tertiary/aromatic N) is 1. The molecule has 30 heavy (non-hydrogen) atoms. The summed E-state index contributed by atoms with van der Waals surface area (Å²) in [5, 5.41) is 0. The third-order valence-corrected chi connectivity index (χ3v) is 5.97. The summed E-state index contributed by atoms with van der Waals surface area (Å²) in [6.45, 7) is 4.17. The maximum Gasteiger partial charge on any atom is 0.232 e. The quantitative estimate of drug-likeness (QED) is 0.728. The van der Waals surface area contributed by atoms with Crippen LogP contribution in [0.4, 0.5) is 5.69 Å². The summed E-state index contributed by atoms with van der Waals surface area (Å²) in [7, 11) is 3.18. The number of hydrogen-bond acceptors (Lipinski definition) is 4. The zero-order valence-electron chi connectivity index (χ0n) is 17.9. The van der Waals surface area contributed by atoms with Crippen molar-refractivity contribution in [2.24, 2.45) is 5.41 Å². The van der Waals surface area contributed by atoms with E-state index in [0.29, 0.717) is 24.3 Å². The lowest BCUT2D eigenvalue weighted by Gasteiger charge is -2.43. The molecule has 1 aliphatic heterocycles. The predicted octanol–water partition coefficient (Wildman–Crippen LogP) is 4.87. The molecule has 0 saturated heterocycles. The molecule has 0 bridgehead atoms. The van der Waals surface area contributed by atoms with Gasteiger partial charge >= 0.3 is 0 Å². The highest BCUT2D eigenvalue weighted by molar-refractivity contribution is 6.07. The van der Waals surface area contributed by atoms with E-state index >= 15 is 0 Å². The fourth-order valence-corrected chi connectivity index (χ4v) is 4.65. The van der Waals surface area contributed by atoms with Gasteiger partial charge in [-0.1, -0.05) is 38.1 Å². The second-order valence-electron chi connectivity index (χ2n) is 8.74. The van der Waals surface area contributed by atoms with Crippen molar-refractivity contribution in [2.75, 3.05) is 19.1 Å². The number of benzene rings is 2. The monoisotopic (exact) mass is 405 g/mol. The number of carbonyl (C=O) groups excluding carboxylic acids is 2.